The number of aromatic nitrogens is 1. The Morgan fingerprint density at radius 2 is 2.21 bits per heavy atom. The summed E-state index contributed by atoms with van der Waals surface area (Å²) in [6, 6.07) is 4.40. The zero-order valence-electron chi connectivity index (χ0n) is 12.4. The van der Waals surface area contributed by atoms with E-state index in [2.05, 4.69) is 47.4 Å². The van der Waals surface area contributed by atoms with Crippen LogP contribution in [-0.4, -0.2) is 27.8 Å². The van der Waals surface area contributed by atoms with Crippen LogP contribution in [0.25, 0.3) is 0 Å². The first-order valence-corrected chi connectivity index (χ1v) is 8.26. The molecule has 0 atom stereocenters. The molecular weight excluding hydrogens is 448 g/mol. The van der Waals surface area contributed by atoms with Crippen molar-refractivity contribution in [1.29, 1.82) is 0 Å². The maximum atomic E-state index is 10.6. The van der Waals surface area contributed by atoms with Crippen LogP contribution in [0.5, 0.6) is 11.5 Å². The Morgan fingerprint density at radius 1 is 1.46 bits per heavy atom. The Kier molecular flexibility index (Phi) is 6.10. The molecule has 0 aliphatic rings. The van der Waals surface area contributed by atoms with E-state index in [0.717, 1.165) is 6.20 Å². The van der Waals surface area contributed by atoms with Crippen molar-refractivity contribution >= 4 is 49.6 Å². The molecule has 0 fully saturated rings. The number of nitrogens with one attached hydrogen (secondary N) is 1. The summed E-state index contributed by atoms with van der Waals surface area (Å²) in [6.45, 7) is 2.22. The van der Waals surface area contributed by atoms with Gasteiger partial charge in [-0.05, 0) is 50.9 Å². The molecular formula is C14H12Br2N4O4. The van der Waals surface area contributed by atoms with Gasteiger partial charge in [0.25, 0.3) is 5.69 Å². The molecule has 2 aromatic rings. The fraction of sp³-hybridized carbons (Fsp3) is 0.143. The molecule has 8 nitrogen and oxygen atoms in total. The molecule has 0 radical (unpaired) electrons. The number of ether oxygens (including phenoxy) is 1. The molecule has 0 aliphatic carbocycles. The maximum Gasteiger partial charge on any atom is 0.287 e. The van der Waals surface area contributed by atoms with Crippen LogP contribution in [0.3, 0.4) is 0 Å². The van der Waals surface area contributed by atoms with E-state index in [4.69, 9.17) is 4.74 Å². The van der Waals surface area contributed by atoms with Crippen molar-refractivity contribution in [1.82, 2.24) is 4.98 Å². The summed E-state index contributed by atoms with van der Waals surface area (Å²) in [5, 5.41) is 24.6. The summed E-state index contributed by atoms with van der Waals surface area (Å²) in [5.41, 5.74) is 3.22. The second-order valence-corrected chi connectivity index (χ2v) is 5.99. The van der Waals surface area contributed by atoms with Crippen LogP contribution in [0.1, 0.15) is 12.5 Å². The molecule has 126 valence electrons. The van der Waals surface area contributed by atoms with Gasteiger partial charge in [0.2, 0.25) is 0 Å². The average Bonchev–Trinajstić information content (AvgIpc) is 2.57. The molecule has 24 heavy (non-hydrogen) atoms. The molecule has 0 unspecified atom stereocenters. The van der Waals surface area contributed by atoms with Gasteiger partial charge in [-0.1, -0.05) is 0 Å². The number of halogens is 2. The number of aromatic hydroxyl groups is 1. The van der Waals surface area contributed by atoms with E-state index in [9.17, 15) is 15.2 Å². The van der Waals surface area contributed by atoms with Gasteiger partial charge >= 0.3 is 0 Å². The summed E-state index contributed by atoms with van der Waals surface area (Å²) in [7, 11) is 0. The summed E-state index contributed by atoms with van der Waals surface area (Å²) >= 11 is 6.63. The number of benzene rings is 1. The number of hydrazone groups is 1. The van der Waals surface area contributed by atoms with Gasteiger partial charge in [0.1, 0.15) is 12.0 Å². The van der Waals surface area contributed by atoms with Crippen molar-refractivity contribution in [2.75, 3.05) is 12.0 Å². The zero-order valence-corrected chi connectivity index (χ0v) is 15.5. The number of phenolic OH excluding ortho intramolecular Hbond substituents is 1. The second-order valence-electron chi connectivity index (χ2n) is 4.40. The number of pyridine rings is 1. The van der Waals surface area contributed by atoms with E-state index in [0.29, 0.717) is 32.7 Å². The normalized spacial score (nSPS) is 10.8. The van der Waals surface area contributed by atoms with Crippen molar-refractivity contribution in [3.8, 4) is 11.5 Å². The largest absolute Gasteiger partial charge is 0.503 e. The zero-order chi connectivity index (χ0) is 17.7. The molecule has 0 bridgehead atoms. The van der Waals surface area contributed by atoms with Crippen LogP contribution in [0.15, 0.2) is 38.4 Å². The number of anilines is 1. The van der Waals surface area contributed by atoms with Gasteiger partial charge in [0, 0.05) is 16.1 Å². The lowest BCUT2D eigenvalue weighted by atomic mass is 10.2. The number of phenols is 1. The van der Waals surface area contributed by atoms with E-state index in [1.165, 1.54) is 18.3 Å². The summed E-state index contributed by atoms with van der Waals surface area (Å²) < 4.78 is 6.40. The Morgan fingerprint density at radius 3 is 2.79 bits per heavy atom. The minimum Gasteiger partial charge on any atom is -0.503 e. The molecule has 0 amide bonds. The SMILES string of the molecule is CCOc1cc(/C=N\Nc2ccc([N+](=O)[O-])cn2)c(Br)c(Br)c1O. The third-order valence-corrected chi connectivity index (χ3v) is 4.97. The van der Waals surface area contributed by atoms with Crippen LogP contribution in [0.4, 0.5) is 11.5 Å². The molecule has 0 saturated heterocycles. The van der Waals surface area contributed by atoms with Crippen LogP contribution < -0.4 is 10.2 Å². The van der Waals surface area contributed by atoms with Crippen LogP contribution in [0, 0.1) is 10.1 Å². The predicted molar refractivity (Wildman–Crippen MR) is 96.8 cm³/mol. The highest BCUT2D eigenvalue weighted by Crippen LogP contribution is 2.41. The van der Waals surface area contributed by atoms with E-state index < -0.39 is 4.92 Å². The lowest BCUT2D eigenvalue weighted by molar-refractivity contribution is -0.385. The Labute approximate surface area is 154 Å². The van der Waals surface area contributed by atoms with Gasteiger partial charge in [-0.2, -0.15) is 5.10 Å². The summed E-state index contributed by atoms with van der Waals surface area (Å²) in [6.07, 6.45) is 2.64. The van der Waals surface area contributed by atoms with E-state index in [1.807, 2.05) is 6.92 Å². The third-order valence-electron chi connectivity index (χ3n) is 2.82. The molecule has 1 heterocycles. The van der Waals surface area contributed by atoms with Crippen LogP contribution in [-0.2, 0) is 0 Å². The highest BCUT2D eigenvalue weighted by atomic mass is 79.9. The van der Waals surface area contributed by atoms with Crippen molar-refractivity contribution in [3.63, 3.8) is 0 Å². The second kappa shape index (κ2) is 8.06. The minimum atomic E-state index is -0.527. The molecule has 0 aliphatic heterocycles. The highest BCUT2D eigenvalue weighted by Gasteiger charge is 2.14. The monoisotopic (exact) mass is 458 g/mol. The summed E-state index contributed by atoms with van der Waals surface area (Å²) in [5.74, 6) is 0.671. The first-order valence-electron chi connectivity index (χ1n) is 6.67. The average molecular weight is 460 g/mol. The molecule has 10 heteroatoms. The third kappa shape index (κ3) is 4.20. The first kappa shape index (κ1) is 18.1. The maximum absolute atomic E-state index is 10.6. The molecule has 0 spiro atoms. The first-order chi connectivity index (χ1) is 11.4. The predicted octanol–water partition coefficient (Wildman–Crippen LogP) is 4.07. The quantitative estimate of drug-likeness (QED) is 0.382. The van der Waals surface area contributed by atoms with Crippen molar-refractivity contribution < 1.29 is 14.8 Å². The Balaban J connectivity index is 2.18. The van der Waals surface area contributed by atoms with Crippen molar-refractivity contribution in [3.05, 3.63) is 49.0 Å². The van der Waals surface area contributed by atoms with Crippen molar-refractivity contribution in [2.45, 2.75) is 6.92 Å². The van der Waals surface area contributed by atoms with Crippen LogP contribution >= 0.6 is 31.9 Å². The van der Waals surface area contributed by atoms with Crippen molar-refractivity contribution in [2.24, 2.45) is 5.10 Å². The van der Waals surface area contributed by atoms with E-state index in [-0.39, 0.29) is 11.4 Å². The number of hydrogen-bond donors (Lipinski definition) is 2. The Bertz CT molecular complexity index is 781. The Hall–Kier alpha value is -2.20. The lowest BCUT2D eigenvalue weighted by Crippen LogP contribution is -1.97. The number of hydrogen-bond acceptors (Lipinski definition) is 7. The smallest absolute Gasteiger partial charge is 0.287 e. The topological polar surface area (TPSA) is 110 Å². The van der Waals surface area contributed by atoms with Gasteiger partial charge in [-0.3, -0.25) is 15.5 Å². The van der Waals surface area contributed by atoms with Gasteiger partial charge < -0.3 is 9.84 Å². The number of nitro groups is 1. The fourth-order valence-corrected chi connectivity index (χ4v) is 2.53. The van der Waals surface area contributed by atoms with E-state index in [1.54, 1.807) is 6.07 Å². The molecule has 0 saturated carbocycles. The molecule has 1 aromatic carbocycles. The fourth-order valence-electron chi connectivity index (χ4n) is 1.70. The molecule has 2 rings (SSSR count). The molecule has 2 N–H and O–H groups in total. The standard InChI is InChI=1S/C14H12Br2N4O4/c1-2-24-10-5-8(12(15)13(16)14(10)21)6-18-19-11-4-3-9(7-17-11)20(22)23/h3-7,21H,2H2,1H3,(H,17,19)/b18-6-. The highest BCUT2D eigenvalue weighted by molar-refractivity contribution is 9.13. The number of nitrogens with zero attached hydrogens (tertiary/aromatic N) is 3. The lowest BCUT2D eigenvalue weighted by Gasteiger charge is -2.10. The van der Waals surface area contributed by atoms with Gasteiger partial charge in [-0.15, -0.1) is 0 Å². The molecule has 1 aromatic heterocycles. The van der Waals surface area contributed by atoms with Gasteiger partial charge in [0.05, 0.1) is 22.2 Å². The number of rotatable bonds is 6. The summed E-state index contributed by atoms with van der Waals surface area (Å²) in [4.78, 5) is 13.9. The van der Waals surface area contributed by atoms with E-state index >= 15 is 0 Å². The van der Waals surface area contributed by atoms with Crippen LogP contribution in [0.2, 0.25) is 0 Å². The van der Waals surface area contributed by atoms with Gasteiger partial charge in [0.15, 0.2) is 11.5 Å². The van der Waals surface area contributed by atoms with Gasteiger partial charge in [-0.25, -0.2) is 4.98 Å². The minimum absolute atomic E-state index is 0.00845.